The van der Waals surface area contributed by atoms with Gasteiger partial charge in [-0.15, -0.1) is 0 Å². The lowest BCUT2D eigenvalue weighted by Gasteiger charge is -2.39. The van der Waals surface area contributed by atoms with Gasteiger partial charge in [0.1, 0.15) is 30.0 Å². The molecule has 0 aromatic heterocycles. The quantitative estimate of drug-likeness (QED) is 0.272. The number of carboxylic acids is 1. The summed E-state index contributed by atoms with van der Waals surface area (Å²) in [6, 6.07) is 0.594. The number of benzene rings is 1. The van der Waals surface area contributed by atoms with Crippen LogP contribution in [0.2, 0.25) is 0 Å². The summed E-state index contributed by atoms with van der Waals surface area (Å²) in [7, 11) is 0. The first kappa shape index (κ1) is 18.0. The normalized spacial score (nSPS) is 30.1. The van der Waals surface area contributed by atoms with Gasteiger partial charge in [-0.05, 0) is 0 Å². The summed E-state index contributed by atoms with van der Waals surface area (Å²) in [5.41, 5.74) is -0.764. The molecule has 1 aliphatic heterocycles. The van der Waals surface area contributed by atoms with E-state index in [-0.39, 0.29) is 0 Å². The summed E-state index contributed by atoms with van der Waals surface area (Å²) < 4.78 is 10.0. The Morgan fingerprint density at radius 2 is 1.71 bits per heavy atom. The summed E-state index contributed by atoms with van der Waals surface area (Å²) in [5.74, 6) is -5.61. The van der Waals surface area contributed by atoms with Crippen molar-refractivity contribution in [3.8, 4) is 23.0 Å². The number of aliphatic hydroxyl groups excluding tert-OH is 4. The molecule has 1 aliphatic rings. The number of carbonyl (C=O) groups is 1. The smallest absolute Gasteiger partial charge is 0.339 e. The molecule has 0 amide bonds. The average molecular weight is 348 g/mol. The second kappa shape index (κ2) is 6.67. The number of ether oxygens (including phenoxy) is 2. The Labute approximate surface area is 134 Å². The van der Waals surface area contributed by atoms with E-state index in [1.54, 1.807) is 0 Å². The summed E-state index contributed by atoms with van der Waals surface area (Å²) in [6.45, 7) is -0.747. The van der Waals surface area contributed by atoms with Crippen molar-refractivity contribution in [2.75, 3.05) is 6.61 Å². The van der Waals surface area contributed by atoms with Gasteiger partial charge in [-0.1, -0.05) is 0 Å². The standard InChI is InChI=1S/C13H16O11/c14-2-5-7(17)8(18)10(20)13(23-5)24-11-3(12(21)22)1-4(15)6(16)9(11)19/h1,5,7-8,10,13-20H,2H2,(H,21,22)/t5-,7-,8+,10-,13?/m1/s1. The Kier molecular flexibility index (Phi) is 5.01. The molecule has 134 valence electrons. The topological polar surface area (TPSA) is 197 Å². The van der Waals surface area contributed by atoms with E-state index in [4.69, 9.17) is 19.7 Å². The maximum atomic E-state index is 11.2. The van der Waals surface area contributed by atoms with Gasteiger partial charge in [0, 0.05) is 6.07 Å². The average Bonchev–Trinajstić information content (AvgIpc) is 2.54. The lowest BCUT2D eigenvalue weighted by molar-refractivity contribution is -0.277. The number of hydrogen-bond donors (Lipinski definition) is 8. The fourth-order valence-corrected chi connectivity index (χ4v) is 2.19. The van der Waals surface area contributed by atoms with Crippen molar-refractivity contribution in [2.24, 2.45) is 0 Å². The molecular formula is C13H16O11. The summed E-state index contributed by atoms with van der Waals surface area (Å²) in [5, 5.41) is 75.9. The third-order valence-corrected chi connectivity index (χ3v) is 3.52. The first-order chi connectivity index (χ1) is 11.2. The first-order valence-corrected chi connectivity index (χ1v) is 6.67. The van der Waals surface area contributed by atoms with E-state index >= 15 is 0 Å². The van der Waals surface area contributed by atoms with Crippen molar-refractivity contribution >= 4 is 5.97 Å². The van der Waals surface area contributed by atoms with Gasteiger partial charge in [-0.25, -0.2) is 4.79 Å². The van der Waals surface area contributed by atoms with E-state index in [9.17, 15) is 35.4 Å². The van der Waals surface area contributed by atoms with Crippen molar-refractivity contribution in [3.63, 3.8) is 0 Å². The molecule has 2 rings (SSSR count). The second-order valence-electron chi connectivity index (χ2n) is 5.09. The molecule has 5 atom stereocenters. The number of aromatic hydroxyl groups is 3. The van der Waals surface area contributed by atoms with Crippen LogP contribution in [0.4, 0.5) is 0 Å². The Bertz CT molecular complexity index is 629. The lowest BCUT2D eigenvalue weighted by Crippen LogP contribution is -2.60. The Balaban J connectivity index is 2.40. The Morgan fingerprint density at radius 1 is 1.08 bits per heavy atom. The van der Waals surface area contributed by atoms with Gasteiger partial charge in [0.25, 0.3) is 0 Å². The van der Waals surface area contributed by atoms with Crippen molar-refractivity contribution < 1.29 is 55.1 Å². The van der Waals surface area contributed by atoms with Crippen LogP contribution in [0, 0.1) is 0 Å². The van der Waals surface area contributed by atoms with Crippen molar-refractivity contribution in [1.82, 2.24) is 0 Å². The van der Waals surface area contributed by atoms with E-state index < -0.39 is 71.8 Å². The highest BCUT2D eigenvalue weighted by Gasteiger charge is 2.45. The number of aromatic carboxylic acids is 1. The van der Waals surface area contributed by atoms with E-state index in [1.165, 1.54) is 0 Å². The van der Waals surface area contributed by atoms with Crippen LogP contribution in [0.3, 0.4) is 0 Å². The zero-order chi connectivity index (χ0) is 18.2. The predicted octanol–water partition coefficient (Wildman–Crippen LogP) is -2.32. The third-order valence-electron chi connectivity index (χ3n) is 3.52. The van der Waals surface area contributed by atoms with Crippen LogP contribution in [-0.2, 0) is 4.74 Å². The summed E-state index contributed by atoms with van der Waals surface area (Å²) in [4.78, 5) is 11.2. The van der Waals surface area contributed by atoms with E-state index in [1.807, 2.05) is 0 Å². The highest BCUT2D eigenvalue weighted by Crippen LogP contribution is 2.45. The number of carboxylic acid groups (broad SMARTS) is 1. The first-order valence-electron chi connectivity index (χ1n) is 6.67. The fourth-order valence-electron chi connectivity index (χ4n) is 2.19. The lowest BCUT2D eigenvalue weighted by atomic mass is 9.99. The van der Waals surface area contributed by atoms with E-state index in [0.29, 0.717) is 6.07 Å². The molecule has 1 aromatic carbocycles. The third kappa shape index (κ3) is 3.02. The summed E-state index contributed by atoms with van der Waals surface area (Å²) >= 11 is 0. The molecule has 0 spiro atoms. The van der Waals surface area contributed by atoms with Crippen LogP contribution in [0.15, 0.2) is 6.07 Å². The minimum Gasteiger partial charge on any atom is -0.504 e. The molecule has 0 radical (unpaired) electrons. The van der Waals surface area contributed by atoms with Crippen molar-refractivity contribution in [3.05, 3.63) is 11.6 Å². The molecule has 0 bridgehead atoms. The zero-order valence-electron chi connectivity index (χ0n) is 12.0. The number of phenols is 3. The van der Waals surface area contributed by atoms with Gasteiger partial charge < -0.3 is 50.3 Å². The van der Waals surface area contributed by atoms with Crippen molar-refractivity contribution in [1.29, 1.82) is 0 Å². The SMILES string of the molecule is O=C(O)c1cc(O)c(O)c(O)c1OC1O[C@H](CO)[C@@H](O)[C@H](O)[C@H]1O. The van der Waals surface area contributed by atoms with Crippen LogP contribution in [0.5, 0.6) is 23.0 Å². The van der Waals surface area contributed by atoms with Crippen LogP contribution in [-0.4, -0.2) is 84.1 Å². The summed E-state index contributed by atoms with van der Waals surface area (Å²) in [6.07, 6.45) is -8.42. The molecule has 0 saturated carbocycles. The molecule has 1 aromatic rings. The van der Waals surface area contributed by atoms with Crippen LogP contribution >= 0.6 is 0 Å². The van der Waals surface area contributed by atoms with Crippen LogP contribution in [0.25, 0.3) is 0 Å². The minimum absolute atomic E-state index is 0.594. The molecule has 1 heterocycles. The molecule has 11 heteroatoms. The fraction of sp³-hybridized carbons (Fsp3) is 0.462. The highest BCUT2D eigenvalue weighted by molar-refractivity contribution is 5.93. The van der Waals surface area contributed by atoms with Crippen molar-refractivity contribution in [2.45, 2.75) is 30.7 Å². The van der Waals surface area contributed by atoms with Gasteiger partial charge in [0.2, 0.25) is 17.8 Å². The minimum atomic E-state index is -1.86. The molecule has 8 N–H and O–H groups in total. The largest absolute Gasteiger partial charge is 0.504 e. The van der Waals surface area contributed by atoms with Gasteiger partial charge in [0.05, 0.1) is 6.61 Å². The second-order valence-corrected chi connectivity index (χ2v) is 5.09. The number of aliphatic hydroxyl groups is 4. The molecular weight excluding hydrogens is 332 g/mol. The predicted molar refractivity (Wildman–Crippen MR) is 72.8 cm³/mol. The maximum Gasteiger partial charge on any atom is 0.339 e. The number of phenolic OH excluding ortho intramolecular Hbond substituents is 3. The monoisotopic (exact) mass is 348 g/mol. The van der Waals surface area contributed by atoms with E-state index in [2.05, 4.69) is 0 Å². The van der Waals surface area contributed by atoms with Gasteiger partial charge in [-0.2, -0.15) is 0 Å². The van der Waals surface area contributed by atoms with Gasteiger partial charge in [0.15, 0.2) is 11.5 Å². The van der Waals surface area contributed by atoms with Crippen LogP contribution < -0.4 is 4.74 Å². The Morgan fingerprint density at radius 3 is 2.25 bits per heavy atom. The number of rotatable bonds is 4. The maximum absolute atomic E-state index is 11.2. The molecule has 1 unspecified atom stereocenters. The van der Waals surface area contributed by atoms with Gasteiger partial charge in [-0.3, -0.25) is 0 Å². The highest BCUT2D eigenvalue weighted by atomic mass is 16.7. The van der Waals surface area contributed by atoms with Gasteiger partial charge >= 0.3 is 5.97 Å². The number of hydrogen-bond acceptors (Lipinski definition) is 10. The zero-order valence-corrected chi connectivity index (χ0v) is 12.0. The molecule has 24 heavy (non-hydrogen) atoms. The molecule has 1 saturated heterocycles. The Hall–Kier alpha value is -2.31. The molecule has 0 aliphatic carbocycles. The van der Waals surface area contributed by atoms with E-state index in [0.717, 1.165) is 0 Å². The van der Waals surface area contributed by atoms with Crippen LogP contribution in [0.1, 0.15) is 10.4 Å². The molecule has 11 nitrogen and oxygen atoms in total. The molecule has 1 fully saturated rings.